The van der Waals surface area contributed by atoms with E-state index in [9.17, 15) is 26.3 Å². The second-order valence-electron chi connectivity index (χ2n) is 1.04. The van der Waals surface area contributed by atoms with Gasteiger partial charge in [-0.1, -0.05) is 0 Å². The molecule has 0 saturated carbocycles. The van der Waals surface area contributed by atoms with Crippen molar-refractivity contribution in [1.82, 2.24) is 0 Å². The Morgan fingerprint density at radius 3 is 1.55 bits per heavy atom. The summed E-state index contributed by atoms with van der Waals surface area (Å²) in [5.41, 5.74) is 0. The van der Waals surface area contributed by atoms with Gasteiger partial charge in [0, 0.05) is 0 Å². The second-order valence-corrected chi connectivity index (χ2v) is 2.19. The van der Waals surface area contributed by atoms with Gasteiger partial charge in [-0.2, -0.15) is 0 Å². The third kappa shape index (κ3) is 6.40. The van der Waals surface area contributed by atoms with Gasteiger partial charge < -0.3 is 9.11 Å². The van der Waals surface area contributed by atoms with E-state index >= 15 is 0 Å². The minimum absolute atomic E-state index is 2.72. The van der Waals surface area contributed by atoms with Crippen LogP contribution in [0.25, 0.3) is 0 Å². The molecule has 0 aromatic heterocycles. The topological polar surface area (TPSA) is 98.7 Å². The van der Waals surface area contributed by atoms with Crippen molar-refractivity contribution in [3.05, 3.63) is 0 Å². The number of hydrogen-bond donors (Lipinski definition) is 0. The van der Waals surface area contributed by atoms with E-state index in [1.165, 1.54) is 0 Å². The van der Waals surface area contributed by atoms with E-state index < -0.39 is 29.0 Å². The van der Waals surface area contributed by atoms with Gasteiger partial charge in [-0.3, -0.25) is 0 Å². The zero-order chi connectivity index (χ0) is 9.07. The monoisotopic (exact) mass is 210 g/mol. The standard InChI is InChI=1S/CH2F2O6S2/c2-1(3,8-10(4)5)9-11(6)7/h(H,4,5)(H,6,7)/p-2. The van der Waals surface area contributed by atoms with Crippen LogP contribution >= 0.6 is 0 Å². The number of rotatable bonds is 4. The molecule has 0 saturated heterocycles. The predicted octanol–water partition coefficient (Wildman–Crippen LogP) is -0.842. The van der Waals surface area contributed by atoms with Crippen LogP contribution in [0.5, 0.6) is 0 Å². The van der Waals surface area contributed by atoms with Gasteiger partial charge in [0.25, 0.3) is 0 Å². The van der Waals surface area contributed by atoms with Gasteiger partial charge in [-0.05, 0) is 0 Å². The summed E-state index contributed by atoms with van der Waals surface area (Å²) >= 11 is -7.10. The van der Waals surface area contributed by atoms with Crippen LogP contribution in [0.2, 0.25) is 0 Å². The maximum Gasteiger partial charge on any atom is 0.509 e. The fourth-order valence-electron chi connectivity index (χ4n) is 0.172. The Hall–Kier alpha value is -0.000000000000000104. The number of alkyl halides is 2. The number of halogens is 2. The Labute approximate surface area is 64.5 Å². The molecule has 0 heterocycles. The van der Waals surface area contributed by atoms with E-state index in [2.05, 4.69) is 8.37 Å². The van der Waals surface area contributed by atoms with Crippen LogP contribution in [0.15, 0.2) is 0 Å². The van der Waals surface area contributed by atoms with Crippen molar-refractivity contribution in [1.29, 1.82) is 0 Å². The van der Waals surface area contributed by atoms with Gasteiger partial charge >= 0.3 is 6.29 Å². The minimum atomic E-state index is -4.68. The summed E-state index contributed by atoms with van der Waals surface area (Å²) in [4.78, 5) is 0. The van der Waals surface area contributed by atoms with Gasteiger partial charge in [0.1, 0.15) is 0 Å². The van der Waals surface area contributed by atoms with E-state index in [1.807, 2.05) is 0 Å². The molecule has 2 unspecified atom stereocenters. The summed E-state index contributed by atoms with van der Waals surface area (Å²) in [6.45, 7) is 0. The Morgan fingerprint density at radius 2 is 1.36 bits per heavy atom. The van der Waals surface area contributed by atoms with Crippen molar-refractivity contribution in [2.45, 2.75) is 6.29 Å². The first kappa shape index (κ1) is 11.0. The lowest BCUT2D eigenvalue weighted by molar-refractivity contribution is -0.304. The molecule has 0 aliphatic rings. The fourth-order valence-corrected chi connectivity index (χ4v) is 0.600. The predicted molar refractivity (Wildman–Crippen MR) is 25.0 cm³/mol. The summed E-state index contributed by atoms with van der Waals surface area (Å²) in [6, 6.07) is 0. The van der Waals surface area contributed by atoms with Crippen molar-refractivity contribution in [2.24, 2.45) is 0 Å². The van der Waals surface area contributed by atoms with E-state index in [0.717, 1.165) is 0 Å². The van der Waals surface area contributed by atoms with Crippen molar-refractivity contribution < 1.29 is 34.7 Å². The summed E-state index contributed by atoms with van der Waals surface area (Å²) in [5.74, 6) is 0. The quantitative estimate of drug-likeness (QED) is 0.443. The first-order chi connectivity index (χ1) is 4.83. The molecule has 0 aliphatic heterocycles. The molecule has 10 heteroatoms. The molecule has 0 rings (SSSR count). The smallest absolute Gasteiger partial charge is 0.509 e. The van der Waals surface area contributed by atoms with Gasteiger partial charge in [0.05, 0.1) is 22.7 Å². The Balaban J connectivity index is 3.99. The van der Waals surface area contributed by atoms with Crippen molar-refractivity contribution in [2.75, 3.05) is 0 Å². The lowest BCUT2D eigenvalue weighted by atomic mass is 11.3. The lowest BCUT2D eigenvalue weighted by Crippen LogP contribution is -2.26. The van der Waals surface area contributed by atoms with Gasteiger partial charge in [0.2, 0.25) is 0 Å². The largest absolute Gasteiger partial charge is 0.750 e. The van der Waals surface area contributed by atoms with Crippen LogP contribution in [-0.4, -0.2) is 23.8 Å². The molecule has 0 aromatic carbocycles. The van der Waals surface area contributed by atoms with E-state index in [1.54, 1.807) is 0 Å². The molecule has 0 aliphatic carbocycles. The molecule has 0 amide bonds. The van der Waals surface area contributed by atoms with Crippen molar-refractivity contribution >= 4 is 22.7 Å². The molecular formula is CF2O6S2-2. The maximum atomic E-state index is 11.7. The molecule has 11 heavy (non-hydrogen) atoms. The van der Waals surface area contributed by atoms with Crippen LogP contribution in [0, 0.1) is 0 Å². The van der Waals surface area contributed by atoms with Crippen LogP contribution in [0.1, 0.15) is 0 Å². The fraction of sp³-hybridized carbons (Fsp3) is 1.00. The van der Waals surface area contributed by atoms with Crippen LogP contribution < -0.4 is 0 Å². The average molecular weight is 210 g/mol. The molecule has 0 radical (unpaired) electrons. The molecule has 2 atom stereocenters. The summed E-state index contributed by atoms with van der Waals surface area (Å²) in [5, 5.41) is 0. The molecule has 6 nitrogen and oxygen atoms in total. The molecule has 0 bridgehead atoms. The molecular weight excluding hydrogens is 210 g/mol. The number of hydrogen-bond acceptors (Lipinski definition) is 6. The van der Waals surface area contributed by atoms with E-state index in [4.69, 9.17) is 0 Å². The highest BCUT2D eigenvalue weighted by Crippen LogP contribution is 2.18. The molecule has 0 spiro atoms. The SMILES string of the molecule is O=S([O-])OC(F)(F)OS(=O)[O-]. The van der Waals surface area contributed by atoms with Crippen LogP contribution in [0.4, 0.5) is 8.78 Å². The van der Waals surface area contributed by atoms with Gasteiger partial charge in [-0.25, -0.2) is 16.8 Å². The molecule has 0 fully saturated rings. The summed E-state index contributed by atoms with van der Waals surface area (Å²) in [6.07, 6.45) is -4.68. The average Bonchev–Trinajstić information content (AvgIpc) is 1.53. The van der Waals surface area contributed by atoms with E-state index in [0.29, 0.717) is 0 Å². The maximum absolute atomic E-state index is 11.7. The van der Waals surface area contributed by atoms with Crippen molar-refractivity contribution in [3.63, 3.8) is 0 Å². The van der Waals surface area contributed by atoms with E-state index in [-0.39, 0.29) is 0 Å². The van der Waals surface area contributed by atoms with Crippen molar-refractivity contribution in [3.8, 4) is 0 Å². The van der Waals surface area contributed by atoms with Gasteiger partial charge in [0.15, 0.2) is 0 Å². The third-order valence-electron chi connectivity index (χ3n) is 0.330. The Kier molecular flexibility index (Phi) is 4.13. The first-order valence-electron chi connectivity index (χ1n) is 1.79. The van der Waals surface area contributed by atoms with Crippen LogP contribution in [-0.2, 0) is 31.1 Å². The highest BCUT2D eigenvalue weighted by molar-refractivity contribution is 7.74. The second kappa shape index (κ2) is 4.13. The molecule has 0 N–H and O–H groups in total. The zero-order valence-electron chi connectivity index (χ0n) is 4.52. The molecule has 0 aromatic rings. The zero-order valence-corrected chi connectivity index (χ0v) is 6.15. The third-order valence-corrected chi connectivity index (χ3v) is 0.990. The summed E-state index contributed by atoms with van der Waals surface area (Å²) < 4.78 is 66.5. The highest BCUT2D eigenvalue weighted by Gasteiger charge is 2.34. The molecule has 68 valence electrons. The van der Waals surface area contributed by atoms with Gasteiger partial charge in [-0.15, -0.1) is 8.78 Å². The van der Waals surface area contributed by atoms with Crippen LogP contribution in [0.3, 0.4) is 0 Å². The Bertz CT molecular complexity index is 161. The normalized spacial score (nSPS) is 17.8. The highest BCUT2D eigenvalue weighted by atomic mass is 32.2. The first-order valence-corrected chi connectivity index (χ1v) is 3.79. The Morgan fingerprint density at radius 1 is 1.09 bits per heavy atom. The minimum Gasteiger partial charge on any atom is -0.750 e. The summed E-state index contributed by atoms with van der Waals surface area (Å²) in [7, 11) is 0. The lowest BCUT2D eigenvalue weighted by Gasteiger charge is -2.16.